The van der Waals surface area contributed by atoms with Gasteiger partial charge in [-0.15, -0.1) is 5.56 Å². The van der Waals surface area contributed by atoms with Gasteiger partial charge in [0.2, 0.25) is 0 Å². The quantitative estimate of drug-likeness (QED) is 0.128. The molecule has 0 saturated carbocycles. The topological polar surface area (TPSA) is 32.3 Å². The minimum Gasteiger partial charge on any atom is -0.394 e. The molecule has 0 unspecified atom stereocenters. The Labute approximate surface area is 508 Å². The normalized spacial score (nSPS) is 17.2. The molecule has 0 radical (unpaired) electrons. The predicted molar refractivity (Wildman–Crippen MR) is 301 cm³/mol. The van der Waals surface area contributed by atoms with Gasteiger partial charge in [0.05, 0.1) is 0 Å². The Hall–Kier alpha value is -1.20. The summed E-state index contributed by atoms with van der Waals surface area (Å²) in [7, 11) is 13.1. The van der Waals surface area contributed by atoms with E-state index in [4.69, 9.17) is 0 Å². The molecule has 0 bridgehead atoms. The number of piperidine rings is 2. The molecule has 9 rings (SSSR count). The molecule has 73 heavy (non-hydrogen) atoms. The van der Waals surface area contributed by atoms with Gasteiger partial charge in [0.25, 0.3) is 0 Å². The van der Waals surface area contributed by atoms with Crippen LogP contribution < -0.4 is 0 Å². The predicted octanol–water partition coefficient (Wildman–Crippen LogP) is 12.0. The fourth-order valence-electron chi connectivity index (χ4n) is 6.85. The maximum Gasteiger partial charge on any atom is 0.0162 e. The van der Waals surface area contributed by atoms with Crippen molar-refractivity contribution in [3.8, 4) is 0 Å². The van der Waals surface area contributed by atoms with Crippen LogP contribution in [-0.2, 0) is 84.3 Å². The van der Waals surface area contributed by atoms with Crippen molar-refractivity contribution in [2.45, 2.75) is 101 Å². The van der Waals surface area contributed by atoms with E-state index in [1.54, 1.807) is 23.4 Å². The fourth-order valence-corrected chi connectivity index (χ4v) is 6.85. The number of benzene rings is 3. The van der Waals surface area contributed by atoms with Gasteiger partial charge >= 0.3 is 0 Å². The third-order valence-electron chi connectivity index (χ3n) is 12.7. The summed E-state index contributed by atoms with van der Waals surface area (Å²) in [5.41, 5.74) is 9.30. The van der Waals surface area contributed by atoms with Crippen LogP contribution in [0.3, 0.4) is 0 Å². The Balaban J connectivity index is -0.000000365. The molecule has 7 nitrogen and oxygen atoms in total. The zero-order chi connectivity index (χ0) is 51.2. The third kappa shape index (κ3) is 48.9. The van der Waals surface area contributed by atoms with Gasteiger partial charge in [0.15, 0.2) is 0 Å². The number of piperazine rings is 1. The summed E-state index contributed by atoms with van der Waals surface area (Å²) in [6.45, 7) is 34.2. The van der Waals surface area contributed by atoms with E-state index < -0.39 is 0 Å². The Morgan fingerprint density at radius 3 is 1.08 bits per heavy atom. The summed E-state index contributed by atoms with van der Waals surface area (Å²) in [6, 6.07) is 34.7. The molecule has 5 aliphatic rings. The van der Waals surface area contributed by atoms with Crippen molar-refractivity contribution in [2.24, 2.45) is 11.8 Å². The van der Waals surface area contributed by atoms with Gasteiger partial charge in [0, 0.05) is 137 Å². The van der Waals surface area contributed by atoms with Crippen molar-refractivity contribution >= 4 is 0 Å². The van der Waals surface area contributed by atoms with E-state index in [9.17, 15) is 0 Å². The summed E-state index contributed by atoms with van der Waals surface area (Å²) in [5, 5.41) is 0. The molecule has 3 saturated heterocycles. The van der Waals surface area contributed by atoms with Crippen molar-refractivity contribution in [1.29, 1.82) is 0 Å². The van der Waals surface area contributed by atoms with Gasteiger partial charge in [0.1, 0.15) is 0 Å². The van der Waals surface area contributed by atoms with Crippen molar-refractivity contribution in [1.82, 2.24) is 34.4 Å². The number of likely N-dealkylation sites (N-methyl/N-ethyl adjacent to an activating group) is 4. The summed E-state index contributed by atoms with van der Waals surface area (Å²) in [4.78, 5) is 17.9. The van der Waals surface area contributed by atoms with Crippen LogP contribution in [0.1, 0.15) is 94.0 Å². The van der Waals surface area contributed by atoms with E-state index in [1.807, 2.05) is 68.4 Å². The number of aryl methyl sites for hydroxylation is 5. The van der Waals surface area contributed by atoms with E-state index in [1.165, 1.54) is 132 Å². The Kier molecular flexibility index (Phi) is 54.0. The van der Waals surface area contributed by atoms with Crippen LogP contribution in [-0.4, -0.2) is 155 Å². The van der Waals surface area contributed by atoms with E-state index in [-0.39, 0.29) is 84.3 Å². The van der Waals surface area contributed by atoms with Crippen LogP contribution in [0.15, 0.2) is 108 Å². The molecule has 410 valence electrons. The first kappa shape index (κ1) is 78.3. The second kappa shape index (κ2) is 50.3. The number of pyridine rings is 1. The monoisotopic (exact) mass is 1680 g/mol. The maximum atomic E-state index is 3.76. The van der Waals surface area contributed by atoms with Crippen LogP contribution in [0.4, 0.5) is 0 Å². The van der Waals surface area contributed by atoms with E-state index >= 15 is 0 Å². The zero-order valence-corrected chi connectivity index (χ0v) is 60.1. The van der Waals surface area contributed by atoms with Gasteiger partial charge in [-0.2, -0.15) is 119 Å². The largest absolute Gasteiger partial charge is 0.394 e. The number of hydrogen-bond donors (Lipinski definition) is 0. The second-order valence-electron chi connectivity index (χ2n) is 20.4. The molecular weight excluding hydrogens is 1580 g/mol. The number of rotatable bonds is 0. The minimum absolute atomic E-state index is 0. The molecule has 4 aromatic rings. The number of nitrogens with zero attached hydrogens (tertiary/aromatic N) is 7. The maximum absolute atomic E-state index is 3.76. The molecule has 6 heterocycles. The Morgan fingerprint density at radius 1 is 0.425 bits per heavy atom. The van der Waals surface area contributed by atoms with Crippen molar-refractivity contribution in [2.75, 3.05) is 121 Å². The molecule has 3 aromatic carbocycles. The third-order valence-corrected chi connectivity index (χ3v) is 12.7. The molecule has 3 fully saturated rings. The van der Waals surface area contributed by atoms with Crippen molar-refractivity contribution in [3.63, 3.8) is 0 Å². The summed E-state index contributed by atoms with van der Waals surface area (Å²) in [6.07, 6.45) is 17.2. The molecule has 5 aliphatic heterocycles. The van der Waals surface area contributed by atoms with E-state index in [0.29, 0.717) is 0 Å². The van der Waals surface area contributed by atoms with Crippen LogP contribution in [0, 0.1) is 70.9 Å². The molecule has 0 amide bonds. The number of likely N-dealkylation sites (tertiary alicyclic amines) is 2. The first-order chi connectivity index (χ1) is 32.9. The zero-order valence-electron chi connectivity index (χ0n) is 48.4. The molecule has 0 N–H and O–H groups in total. The van der Waals surface area contributed by atoms with Crippen molar-refractivity contribution < 1.29 is 84.3 Å². The summed E-state index contributed by atoms with van der Waals surface area (Å²) in [5.74, 6) is 1.96. The van der Waals surface area contributed by atoms with Gasteiger partial charge in [-0.1, -0.05) is 84.2 Å². The SMILES string of the molecule is CC1=CCN(C)CC1.CC1=CCN(C)CC1.CC1CCN(C)CC1.CC1CCN(C)CC1.CN1CCN(C)CC1.Cc1[c-]cc(C)cc1.Cc1c[c-]ccc1.Cc1cc[c-]cc1.Cc1cc[c-]nc1.[W].[W].[W].[W]. The van der Waals surface area contributed by atoms with Gasteiger partial charge in [-0.3, -0.25) is 0 Å². The average molecular weight is 1680 g/mol. The average Bonchev–Trinajstić information content (AvgIpc) is 3.35. The van der Waals surface area contributed by atoms with Crippen LogP contribution >= 0.6 is 0 Å². The minimum atomic E-state index is 0. The molecule has 1 aromatic heterocycles. The standard InChI is InChI=1S/C8H9.2C7H15N.2C7H13N.2C7H7.C6H14N2.C6H6N.4W/c5*1-7-3-5-8(2)6-4-7;2*1-7-5-3-2-4-6-7;1-7-3-5-8(2)6-4-7;1-6-3-2-4-7-5-6;;;;/h3-5H,1-2H3;2*7H,3-6H2,1-2H3;2*3H,4-6H2,1-2H3;3-6H,1H3;2-3,5-6H,1H3;3-6H2,1-2H3;2-3,5H,1H3;;;;/q-1;;;;;2*-1;;-1;;;;. The van der Waals surface area contributed by atoms with Crippen LogP contribution in [0.2, 0.25) is 0 Å². The van der Waals surface area contributed by atoms with Gasteiger partial charge < -0.3 is 34.4 Å². The summed E-state index contributed by atoms with van der Waals surface area (Å²) < 4.78 is 0. The Morgan fingerprint density at radius 2 is 0.849 bits per heavy atom. The number of aromatic nitrogens is 1. The van der Waals surface area contributed by atoms with Crippen LogP contribution in [0.25, 0.3) is 0 Å². The smallest absolute Gasteiger partial charge is 0.0162 e. The fraction of sp³-hybridized carbons (Fsp3) is 0.565. The Bertz CT molecular complexity index is 1610. The first-order valence-corrected chi connectivity index (χ1v) is 25.9. The van der Waals surface area contributed by atoms with Gasteiger partial charge in [-0.25, -0.2) is 0 Å². The molecule has 11 heteroatoms. The summed E-state index contributed by atoms with van der Waals surface area (Å²) >= 11 is 0. The van der Waals surface area contributed by atoms with Gasteiger partial charge in [-0.05, 0) is 133 Å². The second-order valence-corrected chi connectivity index (χ2v) is 20.4. The molecule has 0 spiro atoms. The number of hydrogen-bond acceptors (Lipinski definition) is 7. The van der Waals surface area contributed by atoms with Crippen LogP contribution in [0.5, 0.6) is 0 Å². The van der Waals surface area contributed by atoms with Crippen molar-refractivity contribution in [3.05, 3.63) is 161 Å². The van der Waals surface area contributed by atoms with E-state index in [0.717, 1.165) is 24.9 Å². The molecular formula is C62H99N7W4-4. The molecule has 0 atom stereocenters. The molecule has 0 aliphatic carbocycles. The first-order valence-electron chi connectivity index (χ1n) is 25.9. The van der Waals surface area contributed by atoms with E-state index in [2.05, 4.69) is 180 Å².